The minimum atomic E-state index is -0.192. The molecule has 46 heavy (non-hydrogen) atoms. The van der Waals surface area contributed by atoms with Crippen molar-refractivity contribution in [2.24, 2.45) is 0 Å². The second kappa shape index (κ2) is 9.83. The van der Waals surface area contributed by atoms with E-state index in [4.69, 9.17) is 4.42 Å². The normalized spacial score (nSPS) is 13.6. The highest BCUT2D eigenvalue weighted by molar-refractivity contribution is 6.15. The van der Waals surface area contributed by atoms with Gasteiger partial charge in [0.25, 0.3) is 0 Å². The van der Waals surface area contributed by atoms with Gasteiger partial charge in [0.05, 0.1) is 11.4 Å². The van der Waals surface area contributed by atoms with Crippen LogP contribution in [0.1, 0.15) is 50.3 Å². The van der Waals surface area contributed by atoms with Crippen molar-refractivity contribution in [3.8, 4) is 11.1 Å². The molecule has 0 spiro atoms. The number of rotatable bonds is 4. The van der Waals surface area contributed by atoms with Gasteiger partial charge in [-0.25, -0.2) is 0 Å². The van der Waals surface area contributed by atoms with Crippen LogP contribution in [0.3, 0.4) is 0 Å². The van der Waals surface area contributed by atoms with Crippen molar-refractivity contribution in [1.82, 2.24) is 0 Å². The van der Waals surface area contributed by atoms with Gasteiger partial charge in [-0.1, -0.05) is 131 Å². The number of benzene rings is 7. The molecule has 2 nitrogen and oxygen atoms in total. The molecule has 0 bridgehead atoms. The van der Waals surface area contributed by atoms with Gasteiger partial charge >= 0.3 is 0 Å². The van der Waals surface area contributed by atoms with Crippen molar-refractivity contribution in [2.45, 2.75) is 39.0 Å². The molecule has 0 unspecified atom stereocenters. The van der Waals surface area contributed by atoms with Crippen molar-refractivity contribution in [1.29, 1.82) is 0 Å². The highest BCUT2D eigenvalue weighted by Gasteiger charge is 2.39. The molecule has 7 aromatic carbocycles. The van der Waals surface area contributed by atoms with Crippen molar-refractivity contribution in [3.05, 3.63) is 150 Å². The maximum Gasteiger partial charge on any atom is 0.159 e. The molecule has 0 fully saturated rings. The van der Waals surface area contributed by atoms with Crippen LogP contribution in [0, 0.1) is 0 Å². The standard InChI is InChI=1S/C44H35NO/c1-27(2)28-20-23-30(24-21-28)45(38-18-11-17-35-33-15-9-10-19-40(33)46-43(35)38)39-26-37-41(34-16-8-7-14-32(34)39)36-25-22-29-12-5-6-13-31(29)42(36)44(37,3)4/h5-27H,1-4H3. The first-order chi connectivity index (χ1) is 22.4. The van der Waals surface area contributed by atoms with Gasteiger partial charge in [-0.05, 0) is 80.2 Å². The largest absolute Gasteiger partial charge is 0.454 e. The number of nitrogens with zero attached hydrogens (tertiary/aromatic N) is 1. The first kappa shape index (κ1) is 27.0. The topological polar surface area (TPSA) is 16.4 Å². The SMILES string of the molecule is CC(C)c1ccc(N(c2cc3c(c4ccccc24)-c2ccc4ccccc4c2C3(C)C)c2cccc3c2oc2ccccc23)cc1. The molecule has 0 amide bonds. The first-order valence-corrected chi connectivity index (χ1v) is 16.3. The molecule has 1 aliphatic carbocycles. The summed E-state index contributed by atoms with van der Waals surface area (Å²) < 4.78 is 6.67. The van der Waals surface area contributed by atoms with Crippen LogP contribution in [0.5, 0.6) is 0 Å². The summed E-state index contributed by atoms with van der Waals surface area (Å²) in [6.07, 6.45) is 0. The summed E-state index contributed by atoms with van der Waals surface area (Å²) in [6.45, 7) is 9.29. The molecular formula is C44H35NO. The second-order valence-electron chi connectivity index (χ2n) is 13.5. The highest BCUT2D eigenvalue weighted by atomic mass is 16.3. The Kier molecular flexibility index (Phi) is 5.77. The molecule has 0 aliphatic heterocycles. The van der Waals surface area contributed by atoms with Crippen LogP contribution < -0.4 is 4.90 Å². The van der Waals surface area contributed by atoms with Crippen molar-refractivity contribution < 1.29 is 4.42 Å². The number of anilines is 3. The van der Waals surface area contributed by atoms with E-state index in [1.165, 1.54) is 49.4 Å². The zero-order valence-electron chi connectivity index (χ0n) is 26.6. The number of fused-ring (bicyclic) bond motifs is 10. The Morgan fingerprint density at radius 2 is 1.26 bits per heavy atom. The molecule has 1 aromatic heterocycles. The van der Waals surface area contributed by atoms with E-state index in [0.717, 1.165) is 39.0 Å². The summed E-state index contributed by atoms with van der Waals surface area (Å²) in [4.78, 5) is 2.43. The van der Waals surface area contributed by atoms with E-state index < -0.39 is 0 Å². The van der Waals surface area contributed by atoms with Crippen LogP contribution in [0.2, 0.25) is 0 Å². The minimum absolute atomic E-state index is 0.192. The van der Waals surface area contributed by atoms with Gasteiger partial charge in [0.1, 0.15) is 5.58 Å². The lowest BCUT2D eigenvalue weighted by molar-refractivity contribution is 0.666. The molecular weight excluding hydrogens is 558 g/mol. The molecule has 0 saturated carbocycles. The average Bonchev–Trinajstić information content (AvgIpc) is 3.58. The maximum atomic E-state index is 6.67. The van der Waals surface area contributed by atoms with E-state index in [-0.39, 0.29) is 5.41 Å². The van der Waals surface area contributed by atoms with Gasteiger partial charge in [0.2, 0.25) is 0 Å². The fourth-order valence-corrected chi connectivity index (χ4v) is 7.94. The number of furan rings is 1. The highest BCUT2D eigenvalue weighted by Crippen LogP contribution is 2.56. The second-order valence-corrected chi connectivity index (χ2v) is 13.5. The molecule has 8 aromatic rings. The van der Waals surface area contributed by atoms with Crippen LogP contribution in [0.25, 0.3) is 54.6 Å². The fraction of sp³-hybridized carbons (Fsp3) is 0.136. The van der Waals surface area contributed by atoms with Gasteiger partial charge in [0, 0.05) is 27.3 Å². The Morgan fingerprint density at radius 3 is 2.04 bits per heavy atom. The lowest BCUT2D eigenvalue weighted by atomic mass is 9.79. The summed E-state index contributed by atoms with van der Waals surface area (Å²) in [7, 11) is 0. The quantitative estimate of drug-likeness (QED) is 0.202. The third-order valence-electron chi connectivity index (χ3n) is 10.2. The Hall–Kier alpha value is -5.34. The van der Waals surface area contributed by atoms with E-state index in [1.807, 2.05) is 6.07 Å². The molecule has 9 rings (SSSR count). The van der Waals surface area contributed by atoms with Crippen LogP contribution in [-0.2, 0) is 5.41 Å². The molecule has 1 heterocycles. The summed E-state index contributed by atoms with van der Waals surface area (Å²) in [5.74, 6) is 0.455. The molecule has 1 aliphatic rings. The zero-order valence-corrected chi connectivity index (χ0v) is 26.6. The van der Waals surface area contributed by atoms with Crippen LogP contribution in [0.4, 0.5) is 17.1 Å². The first-order valence-electron chi connectivity index (χ1n) is 16.3. The van der Waals surface area contributed by atoms with Gasteiger partial charge < -0.3 is 9.32 Å². The third-order valence-corrected chi connectivity index (χ3v) is 10.2. The van der Waals surface area contributed by atoms with Crippen LogP contribution in [-0.4, -0.2) is 0 Å². The summed E-state index contributed by atoms with van der Waals surface area (Å²) in [5, 5.41) is 7.38. The summed E-state index contributed by atoms with van der Waals surface area (Å²) in [5.41, 5.74) is 11.7. The van der Waals surface area contributed by atoms with E-state index in [0.29, 0.717) is 5.92 Å². The van der Waals surface area contributed by atoms with Crippen molar-refractivity contribution >= 4 is 60.5 Å². The van der Waals surface area contributed by atoms with E-state index >= 15 is 0 Å². The van der Waals surface area contributed by atoms with E-state index in [9.17, 15) is 0 Å². The molecule has 2 heteroatoms. The van der Waals surface area contributed by atoms with E-state index in [1.54, 1.807) is 0 Å². The summed E-state index contributed by atoms with van der Waals surface area (Å²) in [6, 6.07) is 48.8. The Labute approximate surface area is 269 Å². The average molecular weight is 594 g/mol. The number of para-hydroxylation sites is 2. The van der Waals surface area contributed by atoms with Crippen LogP contribution >= 0.6 is 0 Å². The zero-order chi connectivity index (χ0) is 31.2. The molecule has 0 N–H and O–H groups in total. The van der Waals surface area contributed by atoms with Gasteiger partial charge in [0.15, 0.2) is 5.58 Å². The van der Waals surface area contributed by atoms with Gasteiger partial charge in [-0.3, -0.25) is 0 Å². The predicted octanol–water partition coefficient (Wildman–Crippen LogP) is 12.8. The van der Waals surface area contributed by atoms with Gasteiger partial charge in [-0.15, -0.1) is 0 Å². The smallest absolute Gasteiger partial charge is 0.159 e. The number of hydrogen-bond donors (Lipinski definition) is 0. The molecule has 222 valence electrons. The van der Waals surface area contributed by atoms with Crippen LogP contribution in [0.15, 0.2) is 138 Å². The molecule has 0 radical (unpaired) electrons. The molecule has 0 saturated heterocycles. The Bertz CT molecular complexity index is 2480. The third kappa shape index (κ3) is 3.77. The predicted molar refractivity (Wildman–Crippen MR) is 195 cm³/mol. The lowest BCUT2D eigenvalue weighted by Crippen LogP contribution is -2.17. The fourth-order valence-electron chi connectivity index (χ4n) is 7.94. The maximum absolute atomic E-state index is 6.67. The summed E-state index contributed by atoms with van der Waals surface area (Å²) >= 11 is 0. The van der Waals surface area contributed by atoms with E-state index in [2.05, 4.69) is 160 Å². The van der Waals surface area contributed by atoms with Gasteiger partial charge in [-0.2, -0.15) is 0 Å². The Balaban J connectivity index is 1.38. The Morgan fingerprint density at radius 1 is 0.587 bits per heavy atom. The molecule has 0 atom stereocenters. The minimum Gasteiger partial charge on any atom is -0.454 e. The number of hydrogen-bond acceptors (Lipinski definition) is 2. The van der Waals surface area contributed by atoms with Crippen molar-refractivity contribution in [2.75, 3.05) is 4.90 Å². The lowest BCUT2D eigenvalue weighted by Gasteiger charge is -2.30. The monoisotopic (exact) mass is 593 g/mol. The van der Waals surface area contributed by atoms with Crippen molar-refractivity contribution in [3.63, 3.8) is 0 Å².